The summed E-state index contributed by atoms with van der Waals surface area (Å²) >= 11 is 0. The van der Waals surface area contributed by atoms with Gasteiger partial charge in [0.2, 0.25) is 0 Å². The number of alkyl halides is 1. The standard InChI is InChI=1S/C11H15FN2O5/c1-6-13-7(16)3-4-14(6)9-10(2,18)8(17)11(12,5-15)19-9/h3-4,8-9,15,17-18H,1,5H2,2H3,(H,13,16). The van der Waals surface area contributed by atoms with Gasteiger partial charge in [0.1, 0.15) is 24.1 Å². The first-order valence-corrected chi connectivity index (χ1v) is 5.57. The van der Waals surface area contributed by atoms with E-state index in [-0.39, 0.29) is 5.82 Å². The van der Waals surface area contributed by atoms with Gasteiger partial charge in [0.25, 0.3) is 11.8 Å². The van der Waals surface area contributed by atoms with Crippen molar-refractivity contribution in [2.45, 2.75) is 30.7 Å². The van der Waals surface area contributed by atoms with Gasteiger partial charge in [0.05, 0.1) is 0 Å². The van der Waals surface area contributed by atoms with Crippen molar-refractivity contribution in [3.63, 3.8) is 0 Å². The molecule has 0 spiro atoms. The molecule has 0 aromatic carbocycles. The molecule has 2 rings (SSSR count). The van der Waals surface area contributed by atoms with Gasteiger partial charge in [-0.15, -0.1) is 0 Å². The van der Waals surface area contributed by atoms with Crippen molar-refractivity contribution in [2.75, 3.05) is 6.61 Å². The lowest BCUT2D eigenvalue weighted by atomic mass is 9.95. The predicted molar refractivity (Wildman–Crippen MR) is 60.7 cm³/mol. The van der Waals surface area contributed by atoms with Crippen molar-refractivity contribution >= 4 is 5.91 Å². The van der Waals surface area contributed by atoms with Crippen LogP contribution in [0.15, 0.2) is 24.7 Å². The van der Waals surface area contributed by atoms with E-state index in [9.17, 15) is 19.4 Å². The summed E-state index contributed by atoms with van der Waals surface area (Å²) in [6.45, 7) is 3.59. The Balaban J connectivity index is 2.33. The Bertz CT molecular complexity index is 452. The summed E-state index contributed by atoms with van der Waals surface area (Å²) in [5, 5.41) is 31.2. The first-order valence-electron chi connectivity index (χ1n) is 5.57. The molecule has 2 heterocycles. The van der Waals surface area contributed by atoms with Crippen LogP contribution in [0.4, 0.5) is 4.39 Å². The number of hydrogen-bond acceptors (Lipinski definition) is 6. The Kier molecular flexibility index (Phi) is 3.13. The molecule has 4 unspecified atom stereocenters. The van der Waals surface area contributed by atoms with Crippen LogP contribution in [-0.4, -0.2) is 56.5 Å². The first-order chi connectivity index (χ1) is 8.72. The van der Waals surface area contributed by atoms with Crippen LogP contribution in [0.3, 0.4) is 0 Å². The highest BCUT2D eigenvalue weighted by Gasteiger charge is 2.63. The molecule has 1 saturated heterocycles. The molecule has 106 valence electrons. The third-order valence-corrected chi connectivity index (χ3v) is 3.20. The summed E-state index contributed by atoms with van der Waals surface area (Å²) in [6.07, 6.45) is -0.911. The molecule has 4 N–H and O–H groups in total. The fourth-order valence-corrected chi connectivity index (χ4v) is 2.11. The van der Waals surface area contributed by atoms with Gasteiger partial charge in [-0.25, -0.2) is 4.39 Å². The van der Waals surface area contributed by atoms with Crippen LogP contribution in [0, 0.1) is 0 Å². The molecule has 0 aliphatic carbocycles. The van der Waals surface area contributed by atoms with Crippen LogP contribution in [-0.2, 0) is 9.53 Å². The second-order valence-electron chi connectivity index (χ2n) is 4.70. The number of amides is 1. The lowest BCUT2D eigenvalue weighted by Crippen LogP contribution is -2.54. The number of rotatable bonds is 2. The zero-order chi connectivity index (χ0) is 14.4. The van der Waals surface area contributed by atoms with Gasteiger partial charge in [0, 0.05) is 12.3 Å². The largest absolute Gasteiger partial charge is 0.390 e. The molecule has 7 nitrogen and oxygen atoms in total. The molecular formula is C11H15FN2O5. The topological polar surface area (TPSA) is 102 Å². The van der Waals surface area contributed by atoms with Crippen LogP contribution in [0.5, 0.6) is 0 Å². The van der Waals surface area contributed by atoms with Gasteiger partial charge in [-0.3, -0.25) is 4.79 Å². The van der Waals surface area contributed by atoms with Crippen LogP contribution in [0.25, 0.3) is 0 Å². The van der Waals surface area contributed by atoms with Gasteiger partial charge in [-0.2, -0.15) is 0 Å². The lowest BCUT2D eigenvalue weighted by Gasteiger charge is -2.36. The maximum Gasteiger partial charge on any atom is 0.263 e. The highest BCUT2D eigenvalue weighted by atomic mass is 19.2. The monoisotopic (exact) mass is 274 g/mol. The number of nitrogens with one attached hydrogen (secondary N) is 1. The van der Waals surface area contributed by atoms with Crippen molar-refractivity contribution < 1.29 is 29.2 Å². The summed E-state index contributed by atoms with van der Waals surface area (Å²) < 4.78 is 19.0. The van der Waals surface area contributed by atoms with E-state index in [4.69, 9.17) is 9.84 Å². The number of carbonyl (C=O) groups is 1. The molecule has 0 aromatic rings. The van der Waals surface area contributed by atoms with Crippen LogP contribution in [0.2, 0.25) is 0 Å². The van der Waals surface area contributed by atoms with Crippen molar-refractivity contribution in [2.24, 2.45) is 0 Å². The molecule has 8 heteroatoms. The number of ether oxygens (including phenoxy) is 1. The Hall–Kier alpha value is -1.48. The quantitative estimate of drug-likeness (QED) is 0.490. The van der Waals surface area contributed by atoms with Crippen molar-refractivity contribution in [3.05, 3.63) is 24.7 Å². The fourth-order valence-electron chi connectivity index (χ4n) is 2.11. The Morgan fingerprint density at radius 3 is 2.79 bits per heavy atom. The number of nitrogens with zero attached hydrogens (tertiary/aromatic N) is 1. The molecule has 0 bridgehead atoms. The minimum absolute atomic E-state index is 0.0622. The number of halogens is 1. The summed E-state index contributed by atoms with van der Waals surface area (Å²) in [7, 11) is 0. The molecule has 4 atom stereocenters. The molecule has 1 amide bonds. The summed E-state index contributed by atoms with van der Waals surface area (Å²) in [4.78, 5) is 12.3. The zero-order valence-electron chi connectivity index (χ0n) is 10.2. The van der Waals surface area contributed by atoms with E-state index in [0.717, 1.165) is 13.0 Å². The molecule has 0 radical (unpaired) electrons. The minimum atomic E-state index is -2.79. The minimum Gasteiger partial charge on any atom is -0.390 e. The number of carbonyl (C=O) groups excluding carboxylic acids is 1. The van der Waals surface area contributed by atoms with E-state index >= 15 is 0 Å². The molecule has 0 aromatic heterocycles. The summed E-state index contributed by atoms with van der Waals surface area (Å²) in [5.41, 5.74) is -2.01. The smallest absolute Gasteiger partial charge is 0.263 e. The second-order valence-corrected chi connectivity index (χ2v) is 4.70. The summed E-state index contributed by atoms with van der Waals surface area (Å²) in [6, 6.07) is 0. The van der Waals surface area contributed by atoms with Gasteiger partial charge >= 0.3 is 0 Å². The lowest BCUT2D eigenvalue weighted by molar-refractivity contribution is -0.210. The highest BCUT2D eigenvalue weighted by Crippen LogP contribution is 2.41. The Labute approximate surface area is 108 Å². The Morgan fingerprint density at radius 1 is 1.68 bits per heavy atom. The van der Waals surface area contributed by atoms with E-state index in [1.807, 2.05) is 0 Å². The fraction of sp³-hybridized carbons (Fsp3) is 0.545. The number of aliphatic hydroxyl groups is 3. The number of aliphatic hydroxyl groups excluding tert-OH is 2. The SMILES string of the molecule is C=C1NC(=O)C=CN1C1OC(F)(CO)C(O)C1(C)O. The first kappa shape index (κ1) is 13.9. The molecule has 2 aliphatic heterocycles. The molecule has 2 aliphatic rings. The third kappa shape index (κ3) is 2.02. The van der Waals surface area contributed by atoms with Gasteiger partial charge in [-0.05, 0) is 6.92 Å². The summed E-state index contributed by atoms with van der Waals surface area (Å²) in [5.74, 6) is -3.15. The van der Waals surface area contributed by atoms with E-state index in [0.29, 0.717) is 0 Å². The van der Waals surface area contributed by atoms with E-state index in [1.54, 1.807) is 0 Å². The molecule has 0 saturated carbocycles. The van der Waals surface area contributed by atoms with Crippen molar-refractivity contribution in [1.82, 2.24) is 10.2 Å². The molecule has 1 fully saturated rings. The van der Waals surface area contributed by atoms with Crippen molar-refractivity contribution in [1.29, 1.82) is 0 Å². The molecular weight excluding hydrogens is 259 g/mol. The van der Waals surface area contributed by atoms with Crippen LogP contribution in [0.1, 0.15) is 6.92 Å². The van der Waals surface area contributed by atoms with Gasteiger partial charge in [-0.1, -0.05) is 6.58 Å². The van der Waals surface area contributed by atoms with E-state index < -0.39 is 36.3 Å². The van der Waals surface area contributed by atoms with Crippen molar-refractivity contribution in [3.8, 4) is 0 Å². The van der Waals surface area contributed by atoms with E-state index in [1.165, 1.54) is 11.1 Å². The molecule has 19 heavy (non-hydrogen) atoms. The van der Waals surface area contributed by atoms with Crippen LogP contribution >= 0.6 is 0 Å². The average Bonchev–Trinajstić information content (AvgIpc) is 2.51. The van der Waals surface area contributed by atoms with Crippen LogP contribution < -0.4 is 5.32 Å². The number of hydrogen-bond donors (Lipinski definition) is 4. The average molecular weight is 274 g/mol. The third-order valence-electron chi connectivity index (χ3n) is 3.20. The second kappa shape index (κ2) is 4.27. The Morgan fingerprint density at radius 2 is 2.32 bits per heavy atom. The van der Waals surface area contributed by atoms with Gasteiger partial charge in [0.15, 0.2) is 6.23 Å². The predicted octanol–water partition coefficient (Wildman–Crippen LogP) is -1.47. The van der Waals surface area contributed by atoms with Gasteiger partial charge < -0.3 is 30.3 Å². The van der Waals surface area contributed by atoms with E-state index in [2.05, 4.69) is 11.9 Å². The normalized spacial score (nSPS) is 42.7. The zero-order valence-corrected chi connectivity index (χ0v) is 10.2. The maximum atomic E-state index is 14.1. The highest BCUT2D eigenvalue weighted by molar-refractivity contribution is 5.89. The maximum absolute atomic E-state index is 14.1.